The fourth-order valence-corrected chi connectivity index (χ4v) is 2.25. The second kappa shape index (κ2) is 8.22. The van der Waals surface area contributed by atoms with Crippen molar-refractivity contribution in [1.29, 1.82) is 0 Å². The molecule has 0 bridgehead atoms. The van der Waals surface area contributed by atoms with Crippen LogP contribution < -0.4 is 9.47 Å². The maximum Gasteiger partial charge on any atom is 0.313 e. The number of rotatable bonds is 7. The Balaban J connectivity index is 1.96. The third-order valence-electron chi connectivity index (χ3n) is 3.71. The molecule has 0 spiro atoms. The summed E-state index contributed by atoms with van der Waals surface area (Å²) in [5.41, 5.74) is 1.96. The largest absolute Gasteiger partial charge is 0.497 e. The lowest BCUT2D eigenvalue weighted by molar-refractivity contribution is -0.144. The van der Waals surface area contributed by atoms with Gasteiger partial charge in [-0.2, -0.15) is 0 Å². The van der Waals surface area contributed by atoms with E-state index in [1.54, 1.807) is 20.3 Å². The van der Waals surface area contributed by atoms with E-state index < -0.39 is 0 Å². The number of ether oxygens (including phenoxy) is 3. The monoisotopic (exact) mass is 314 g/mol. The standard InChI is InChI=1S/C19H22O4/c1-14(16-11-17(21-2)13-18(12-16)22-3)19(20)23-10-9-15-7-5-4-6-8-15/h4-8,11-14H,9-10H2,1-3H3. The third kappa shape index (κ3) is 4.74. The first kappa shape index (κ1) is 16.9. The minimum atomic E-state index is -0.380. The Morgan fingerprint density at radius 3 is 2.17 bits per heavy atom. The summed E-state index contributed by atoms with van der Waals surface area (Å²) in [5, 5.41) is 0. The van der Waals surface area contributed by atoms with Crippen LogP contribution in [0.2, 0.25) is 0 Å². The number of hydrogen-bond donors (Lipinski definition) is 0. The lowest BCUT2D eigenvalue weighted by Gasteiger charge is -2.14. The van der Waals surface area contributed by atoms with Crippen molar-refractivity contribution in [2.45, 2.75) is 19.3 Å². The molecular weight excluding hydrogens is 292 g/mol. The van der Waals surface area contributed by atoms with Crippen LogP contribution in [-0.2, 0) is 16.0 Å². The molecule has 0 saturated carbocycles. The molecular formula is C19H22O4. The van der Waals surface area contributed by atoms with Gasteiger partial charge in [-0.15, -0.1) is 0 Å². The molecule has 0 fully saturated rings. The van der Waals surface area contributed by atoms with Crippen LogP contribution >= 0.6 is 0 Å². The van der Waals surface area contributed by atoms with Crippen molar-refractivity contribution in [2.75, 3.05) is 20.8 Å². The molecule has 2 rings (SSSR count). The van der Waals surface area contributed by atoms with E-state index in [9.17, 15) is 4.79 Å². The van der Waals surface area contributed by atoms with E-state index in [2.05, 4.69) is 0 Å². The van der Waals surface area contributed by atoms with Gasteiger partial charge in [-0.25, -0.2) is 0 Å². The zero-order valence-electron chi connectivity index (χ0n) is 13.7. The average molecular weight is 314 g/mol. The molecule has 0 amide bonds. The van der Waals surface area contributed by atoms with Crippen LogP contribution in [0.3, 0.4) is 0 Å². The van der Waals surface area contributed by atoms with E-state index in [4.69, 9.17) is 14.2 Å². The van der Waals surface area contributed by atoms with Gasteiger partial charge in [0.1, 0.15) is 11.5 Å². The topological polar surface area (TPSA) is 44.8 Å². The highest BCUT2D eigenvalue weighted by Crippen LogP contribution is 2.28. The van der Waals surface area contributed by atoms with Gasteiger partial charge in [0.15, 0.2) is 0 Å². The predicted octanol–water partition coefficient (Wildman–Crippen LogP) is 3.59. The number of carbonyl (C=O) groups excluding carboxylic acids is 1. The minimum Gasteiger partial charge on any atom is -0.497 e. The molecule has 23 heavy (non-hydrogen) atoms. The lowest BCUT2D eigenvalue weighted by atomic mass is 10.0. The molecule has 0 saturated heterocycles. The number of benzene rings is 2. The van der Waals surface area contributed by atoms with Crippen molar-refractivity contribution in [1.82, 2.24) is 0 Å². The molecule has 2 aromatic rings. The van der Waals surface area contributed by atoms with Gasteiger partial charge in [0.05, 0.1) is 26.7 Å². The molecule has 0 aliphatic heterocycles. The summed E-state index contributed by atoms with van der Waals surface area (Å²) in [6.07, 6.45) is 0.709. The summed E-state index contributed by atoms with van der Waals surface area (Å²) in [6.45, 7) is 2.19. The Morgan fingerprint density at radius 1 is 1.00 bits per heavy atom. The maximum atomic E-state index is 12.2. The van der Waals surface area contributed by atoms with Gasteiger partial charge in [0.2, 0.25) is 0 Å². The highest BCUT2D eigenvalue weighted by molar-refractivity contribution is 5.78. The highest BCUT2D eigenvalue weighted by Gasteiger charge is 2.18. The highest BCUT2D eigenvalue weighted by atomic mass is 16.5. The molecule has 122 valence electrons. The van der Waals surface area contributed by atoms with Crippen LogP contribution in [0.1, 0.15) is 24.0 Å². The van der Waals surface area contributed by atoms with E-state index >= 15 is 0 Å². The fourth-order valence-electron chi connectivity index (χ4n) is 2.25. The van der Waals surface area contributed by atoms with Crippen molar-refractivity contribution in [3.05, 3.63) is 59.7 Å². The summed E-state index contributed by atoms with van der Waals surface area (Å²) in [5.74, 6) is 0.678. The molecule has 1 atom stereocenters. The summed E-state index contributed by atoms with van der Waals surface area (Å²) in [6, 6.07) is 15.4. The molecule has 0 aliphatic rings. The second-order valence-corrected chi connectivity index (χ2v) is 5.27. The van der Waals surface area contributed by atoms with Gasteiger partial charge >= 0.3 is 5.97 Å². The molecule has 0 heterocycles. The molecule has 4 heteroatoms. The van der Waals surface area contributed by atoms with Crippen molar-refractivity contribution in [3.8, 4) is 11.5 Å². The van der Waals surface area contributed by atoms with Gasteiger partial charge in [-0.1, -0.05) is 30.3 Å². The summed E-state index contributed by atoms with van der Waals surface area (Å²) in [4.78, 5) is 12.2. The van der Waals surface area contributed by atoms with Gasteiger partial charge < -0.3 is 14.2 Å². The van der Waals surface area contributed by atoms with Gasteiger partial charge in [-0.05, 0) is 30.2 Å². The Morgan fingerprint density at radius 2 is 1.61 bits per heavy atom. The van der Waals surface area contributed by atoms with Crippen LogP contribution in [0.15, 0.2) is 48.5 Å². The van der Waals surface area contributed by atoms with E-state index in [-0.39, 0.29) is 11.9 Å². The summed E-state index contributed by atoms with van der Waals surface area (Å²) >= 11 is 0. The summed E-state index contributed by atoms with van der Waals surface area (Å²) in [7, 11) is 3.17. The van der Waals surface area contributed by atoms with E-state index in [0.717, 1.165) is 11.1 Å². The van der Waals surface area contributed by atoms with Crippen LogP contribution in [0.25, 0.3) is 0 Å². The Labute approximate surface area is 137 Å². The molecule has 0 N–H and O–H groups in total. The lowest BCUT2D eigenvalue weighted by Crippen LogP contribution is -2.15. The first-order chi connectivity index (χ1) is 11.1. The van der Waals surface area contributed by atoms with Crippen LogP contribution in [0.4, 0.5) is 0 Å². The van der Waals surface area contributed by atoms with E-state index in [1.165, 1.54) is 0 Å². The van der Waals surface area contributed by atoms with Crippen molar-refractivity contribution < 1.29 is 19.0 Å². The zero-order valence-corrected chi connectivity index (χ0v) is 13.7. The first-order valence-corrected chi connectivity index (χ1v) is 7.57. The van der Waals surface area contributed by atoms with Crippen LogP contribution in [0.5, 0.6) is 11.5 Å². The summed E-state index contributed by atoms with van der Waals surface area (Å²) < 4.78 is 15.9. The van der Waals surface area contributed by atoms with Crippen LogP contribution in [-0.4, -0.2) is 26.8 Å². The van der Waals surface area contributed by atoms with Gasteiger partial charge in [0.25, 0.3) is 0 Å². The average Bonchev–Trinajstić information content (AvgIpc) is 2.61. The minimum absolute atomic E-state index is 0.253. The molecule has 4 nitrogen and oxygen atoms in total. The quantitative estimate of drug-likeness (QED) is 0.733. The Hall–Kier alpha value is -2.49. The smallest absolute Gasteiger partial charge is 0.313 e. The van der Waals surface area contributed by atoms with Crippen molar-refractivity contribution in [3.63, 3.8) is 0 Å². The van der Waals surface area contributed by atoms with Gasteiger partial charge in [-0.3, -0.25) is 4.79 Å². The molecule has 0 aromatic heterocycles. The number of carbonyl (C=O) groups is 1. The normalized spacial score (nSPS) is 11.6. The molecule has 0 radical (unpaired) electrons. The third-order valence-corrected chi connectivity index (χ3v) is 3.71. The predicted molar refractivity (Wildman–Crippen MR) is 89.1 cm³/mol. The Bertz CT molecular complexity index is 615. The Kier molecular flexibility index (Phi) is 6.03. The molecule has 0 aliphatic carbocycles. The molecule has 1 unspecified atom stereocenters. The number of methoxy groups -OCH3 is 2. The second-order valence-electron chi connectivity index (χ2n) is 5.27. The van der Waals surface area contributed by atoms with Crippen molar-refractivity contribution in [2.24, 2.45) is 0 Å². The maximum absolute atomic E-state index is 12.2. The fraction of sp³-hybridized carbons (Fsp3) is 0.316. The number of hydrogen-bond acceptors (Lipinski definition) is 4. The zero-order chi connectivity index (χ0) is 16.7. The SMILES string of the molecule is COc1cc(OC)cc(C(C)C(=O)OCCc2ccccc2)c1. The van der Waals surface area contributed by atoms with Gasteiger partial charge in [0, 0.05) is 12.5 Å². The van der Waals surface area contributed by atoms with Crippen LogP contribution in [0, 0.1) is 0 Å². The number of esters is 1. The molecule has 2 aromatic carbocycles. The first-order valence-electron chi connectivity index (χ1n) is 7.57. The van der Waals surface area contributed by atoms with Crippen molar-refractivity contribution >= 4 is 5.97 Å². The van der Waals surface area contributed by atoms with E-state index in [1.807, 2.05) is 49.4 Å². The van der Waals surface area contributed by atoms with E-state index in [0.29, 0.717) is 24.5 Å².